The fourth-order valence-electron chi connectivity index (χ4n) is 5.49. The second kappa shape index (κ2) is 13.7. The number of carboxylic acid groups (broad SMARTS) is 1. The highest BCUT2D eigenvalue weighted by Gasteiger charge is 2.31. The van der Waals surface area contributed by atoms with E-state index >= 15 is 4.39 Å². The standard InChI is InChI=1S/C30H34F4N2O3S/c1-39-23-7-9-28-26(18-23)25(11-13-35-28)27(31)8-5-20-12-14-36(19-21(20)6-10-29(37)38)15-16-40-24-4-2-3-22(17-24)30(32,33)34/h2-4,7,9,11,13,17-18,20-21,27H,5-6,8,10,12,14-16,19H2,1H3,(H,37,38)/t20-,21+,27?/m1/s1. The average Bonchev–Trinajstić information content (AvgIpc) is 2.94. The van der Waals surface area contributed by atoms with Gasteiger partial charge < -0.3 is 14.7 Å². The number of rotatable bonds is 12. The fraction of sp³-hybridized carbons (Fsp3) is 0.467. The molecule has 0 spiro atoms. The second-order valence-corrected chi connectivity index (χ2v) is 11.4. The maximum absolute atomic E-state index is 15.6. The Bertz CT molecular complexity index is 1290. The summed E-state index contributed by atoms with van der Waals surface area (Å²) in [6, 6.07) is 12.5. The summed E-state index contributed by atoms with van der Waals surface area (Å²) in [7, 11) is 1.57. The Kier molecular flexibility index (Phi) is 10.3. The van der Waals surface area contributed by atoms with E-state index in [4.69, 9.17) is 4.74 Å². The van der Waals surface area contributed by atoms with Crippen molar-refractivity contribution in [3.8, 4) is 5.75 Å². The molecule has 1 saturated heterocycles. The lowest BCUT2D eigenvalue weighted by molar-refractivity contribution is -0.138. The molecule has 0 amide bonds. The maximum Gasteiger partial charge on any atom is 0.416 e. The first-order valence-electron chi connectivity index (χ1n) is 13.4. The number of hydrogen-bond acceptors (Lipinski definition) is 5. The van der Waals surface area contributed by atoms with Gasteiger partial charge in [0.15, 0.2) is 0 Å². The number of benzene rings is 2. The molecule has 10 heteroatoms. The highest BCUT2D eigenvalue weighted by Crippen LogP contribution is 2.37. The lowest BCUT2D eigenvalue weighted by Crippen LogP contribution is -2.41. The minimum Gasteiger partial charge on any atom is -0.497 e. The molecule has 1 aromatic heterocycles. The van der Waals surface area contributed by atoms with Gasteiger partial charge in [-0.25, -0.2) is 4.39 Å². The van der Waals surface area contributed by atoms with Gasteiger partial charge in [0.1, 0.15) is 11.9 Å². The van der Waals surface area contributed by atoms with E-state index in [-0.39, 0.29) is 18.3 Å². The van der Waals surface area contributed by atoms with Crippen molar-refractivity contribution in [1.29, 1.82) is 0 Å². The van der Waals surface area contributed by atoms with E-state index in [2.05, 4.69) is 9.88 Å². The number of nitrogens with zero attached hydrogens (tertiary/aromatic N) is 2. The summed E-state index contributed by atoms with van der Waals surface area (Å²) in [6.07, 6.45) is -1.56. The summed E-state index contributed by atoms with van der Waals surface area (Å²) in [4.78, 5) is 18.5. The molecule has 2 aromatic carbocycles. The number of likely N-dealkylation sites (tertiary alicyclic amines) is 1. The maximum atomic E-state index is 15.6. The summed E-state index contributed by atoms with van der Waals surface area (Å²) in [6.45, 7) is 2.19. The van der Waals surface area contributed by atoms with Gasteiger partial charge in [0.25, 0.3) is 0 Å². The van der Waals surface area contributed by atoms with Crippen LogP contribution in [0.15, 0.2) is 59.6 Å². The molecule has 4 rings (SSSR count). The monoisotopic (exact) mass is 578 g/mol. The normalized spacial score (nSPS) is 19.0. The van der Waals surface area contributed by atoms with E-state index < -0.39 is 23.9 Å². The van der Waals surface area contributed by atoms with Crippen molar-refractivity contribution in [3.63, 3.8) is 0 Å². The number of carbonyl (C=O) groups is 1. The molecule has 1 fully saturated rings. The average molecular weight is 579 g/mol. The first-order valence-corrected chi connectivity index (χ1v) is 14.4. The molecule has 1 aliphatic rings. The molecular formula is C30H34F4N2O3S. The fourth-order valence-corrected chi connectivity index (χ4v) is 6.46. The first kappa shape index (κ1) is 30.1. The van der Waals surface area contributed by atoms with E-state index in [0.717, 1.165) is 24.4 Å². The topological polar surface area (TPSA) is 62.7 Å². The highest BCUT2D eigenvalue weighted by molar-refractivity contribution is 7.99. The van der Waals surface area contributed by atoms with Crippen molar-refractivity contribution in [2.24, 2.45) is 11.8 Å². The third-order valence-electron chi connectivity index (χ3n) is 7.65. The van der Waals surface area contributed by atoms with Gasteiger partial charge >= 0.3 is 12.1 Å². The van der Waals surface area contributed by atoms with Crippen molar-refractivity contribution in [2.75, 3.05) is 32.5 Å². The summed E-state index contributed by atoms with van der Waals surface area (Å²) in [5.74, 6) is 0.735. The van der Waals surface area contributed by atoms with Gasteiger partial charge in [0.2, 0.25) is 0 Å². The predicted octanol–water partition coefficient (Wildman–Crippen LogP) is 7.65. The molecule has 3 atom stereocenters. The van der Waals surface area contributed by atoms with Crippen molar-refractivity contribution in [2.45, 2.75) is 49.3 Å². The van der Waals surface area contributed by atoms with Crippen molar-refractivity contribution >= 4 is 28.6 Å². The van der Waals surface area contributed by atoms with E-state index in [1.54, 1.807) is 37.6 Å². The first-order chi connectivity index (χ1) is 19.1. The molecule has 216 valence electrons. The van der Waals surface area contributed by atoms with Crippen LogP contribution in [-0.4, -0.2) is 53.5 Å². The minimum absolute atomic E-state index is 0.0574. The molecular weight excluding hydrogens is 544 g/mol. The number of thioether (sulfide) groups is 1. The number of halogens is 4. The van der Waals surface area contributed by atoms with Gasteiger partial charge in [0.05, 0.1) is 18.2 Å². The van der Waals surface area contributed by atoms with Gasteiger partial charge in [-0.05, 0) is 92.1 Å². The van der Waals surface area contributed by atoms with Gasteiger partial charge in [-0.15, -0.1) is 11.8 Å². The number of aromatic nitrogens is 1. The zero-order chi connectivity index (χ0) is 28.7. The number of piperidine rings is 1. The van der Waals surface area contributed by atoms with Crippen LogP contribution in [0.2, 0.25) is 0 Å². The van der Waals surface area contributed by atoms with Gasteiger partial charge in [0, 0.05) is 41.7 Å². The molecule has 0 saturated carbocycles. The number of pyridine rings is 1. The summed E-state index contributed by atoms with van der Waals surface area (Å²) < 4.78 is 59.9. The Morgan fingerprint density at radius 3 is 2.75 bits per heavy atom. The van der Waals surface area contributed by atoms with Crippen LogP contribution in [0.1, 0.15) is 49.4 Å². The largest absolute Gasteiger partial charge is 0.497 e. The van der Waals surface area contributed by atoms with Crippen molar-refractivity contribution < 1.29 is 32.2 Å². The number of carboxylic acids is 1. The van der Waals surface area contributed by atoms with Crippen LogP contribution in [0.25, 0.3) is 10.9 Å². The van der Waals surface area contributed by atoms with Crippen LogP contribution in [0.4, 0.5) is 17.6 Å². The number of hydrogen-bond donors (Lipinski definition) is 1. The molecule has 40 heavy (non-hydrogen) atoms. The Morgan fingerprint density at radius 1 is 1.18 bits per heavy atom. The molecule has 2 heterocycles. The second-order valence-electron chi connectivity index (χ2n) is 10.2. The summed E-state index contributed by atoms with van der Waals surface area (Å²) >= 11 is 1.38. The van der Waals surface area contributed by atoms with Crippen LogP contribution >= 0.6 is 11.8 Å². The van der Waals surface area contributed by atoms with Gasteiger partial charge in [-0.2, -0.15) is 13.2 Å². The molecule has 1 unspecified atom stereocenters. The van der Waals surface area contributed by atoms with Crippen LogP contribution in [0, 0.1) is 11.8 Å². The number of alkyl halides is 4. The van der Waals surface area contributed by atoms with E-state index in [9.17, 15) is 23.1 Å². The SMILES string of the molecule is COc1ccc2nccc(C(F)CC[C@@H]3CCN(CCSc4cccc(C(F)(F)F)c4)C[C@@H]3CCC(=O)O)c2c1. The third kappa shape index (κ3) is 8.10. The van der Waals surface area contributed by atoms with Gasteiger partial charge in [-0.1, -0.05) is 6.07 Å². The van der Waals surface area contributed by atoms with Crippen molar-refractivity contribution in [1.82, 2.24) is 9.88 Å². The molecule has 1 N–H and O–H groups in total. The quantitative estimate of drug-likeness (QED) is 0.176. The smallest absolute Gasteiger partial charge is 0.416 e. The Labute approximate surface area is 235 Å². The van der Waals surface area contributed by atoms with Crippen molar-refractivity contribution in [3.05, 3.63) is 65.9 Å². The number of fused-ring (bicyclic) bond motifs is 1. The predicted molar refractivity (Wildman–Crippen MR) is 148 cm³/mol. The zero-order valence-corrected chi connectivity index (χ0v) is 23.2. The van der Waals surface area contributed by atoms with E-state index in [1.165, 1.54) is 23.9 Å². The molecule has 0 bridgehead atoms. The zero-order valence-electron chi connectivity index (χ0n) is 22.4. The molecule has 5 nitrogen and oxygen atoms in total. The minimum atomic E-state index is -4.37. The number of aliphatic carboxylic acids is 1. The van der Waals surface area contributed by atoms with Crippen LogP contribution < -0.4 is 4.74 Å². The third-order valence-corrected chi connectivity index (χ3v) is 8.63. The summed E-state index contributed by atoms with van der Waals surface area (Å²) in [5.41, 5.74) is 0.628. The van der Waals surface area contributed by atoms with E-state index in [0.29, 0.717) is 59.8 Å². The lowest BCUT2D eigenvalue weighted by atomic mass is 9.79. The number of ether oxygens (including phenoxy) is 1. The molecule has 1 aliphatic heterocycles. The molecule has 0 radical (unpaired) electrons. The highest BCUT2D eigenvalue weighted by atomic mass is 32.2. The van der Waals surface area contributed by atoms with Gasteiger partial charge in [-0.3, -0.25) is 9.78 Å². The lowest BCUT2D eigenvalue weighted by Gasteiger charge is -2.39. The van der Waals surface area contributed by atoms with Crippen LogP contribution in [-0.2, 0) is 11.0 Å². The van der Waals surface area contributed by atoms with Crippen LogP contribution in [0.3, 0.4) is 0 Å². The molecule has 3 aromatic rings. The van der Waals surface area contributed by atoms with Crippen LogP contribution in [0.5, 0.6) is 5.75 Å². The summed E-state index contributed by atoms with van der Waals surface area (Å²) in [5, 5.41) is 10.0. The Hall–Kier alpha value is -2.85. The number of methoxy groups -OCH3 is 1. The Morgan fingerprint density at radius 2 is 2.00 bits per heavy atom. The van der Waals surface area contributed by atoms with E-state index in [1.807, 2.05) is 6.07 Å². The molecule has 0 aliphatic carbocycles. The Balaban J connectivity index is 1.34.